The van der Waals surface area contributed by atoms with Gasteiger partial charge in [0, 0.05) is 31.5 Å². The predicted molar refractivity (Wildman–Crippen MR) is 128 cm³/mol. The van der Waals surface area contributed by atoms with E-state index in [1.165, 1.54) is 6.07 Å². The summed E-state index contributed by atoms with van der Waals surface area (Å²) in [6, 6.07) is 14.8. The Bertz CT molecular complexity index is 1130. The van der Waals surface area contributed by atoms with Crippen molar-refractivity contribution in [3.05, 3.63) is 90.6 Å². The Labute approximate surface area is 196 Å². The quantitative estimate of drug-likeness (QED) is 0.222. The van der Waals surface area contributed by atoms with Gasteiger partial charge in [-0.25, -0.2) is 14.4 Å². The van der Waals surface area contributed by atoms with E-state index in [2.05, 4.69) is 25.6 Å². The minimum Gasteiger partial charge on any atom is -0.444 e. The zero-order valence-electron chi connectivity index (χ0n) is 16.8. The number of rotatable bonds is 6. The number of nitrogens with one attached hydrogen (secondary N) is 2. The van der Waals surface area contributed by atoms with Crippen LogP contribution in [0.4, 0.5) is 4.39 Å². The molecule has 0 atom stereocenters. The van der Waals surface area contributed by atoms with Gasteiger partial charge in [0.2, 0.25) is 5.89 Å². The van der Waals surface area contributed by atoms with Crippen LogP contribution in [-0.4, -0.2) is 27.5 Å². The summed E-state index contributed by atoms with van der Waals surface area (Å²) in [6.45, 7) is 0.874. The van der Waals surface area contributed by atoms with Crippen molar-refractivity contribution in [3.8, 4) is 17.1 Å². The van der Waals surface area contributed by atoms with Gasteiger partial charge in [0.1, 0.15) is 12.1 Å². The molecule has 0 bridgehead atoms. The topological polar surface area (TPSA) is 80.3 Å². The lowest BCUT2D eigenvalue weighted by atomic mass is 10.2. The molecule has 2 aromatic carbocycles. The Hall–Kier alpha value is -3.21. The first kappa shape index (κ1) is 22.5. The van der Waals surface area contributed by atoms with Gasteiger partial charge < -0.3 is 19.6 Å². The van der Waals surface area contributed by atoms with E-state index >= 15 is 0 Å². The molecular weight excluding hydrogens is 510 g/mol. The highest BCUT2D eigenvalue weighted by Crippen LogP contribution is 2.18. The average Bonchev–Trinajstić information content (AvgIpc) is 3.47. The van der Waals surface area contributed by atoms with Gasteiger partial charge in [-0.2, -0.15) is 0 Å². The Morgan fingerprint density at radius 2 is 1.94 bits per heavy atom. The van der Waals surface area contributed by atoms with Gasteiger partial charge in [-0.15, -0.1) is 24.0 Å². The second kappa shape index (κ2) is 10.7. The minimum atomic E-state index is -0.314. The van der Waals surface area contributed by atoms with Crippen LogP contribution in [0.2, 0.25) is 0 Å². The molecule has 0 saturated heterocycles. The molecule has 4 aromatic rings. The molecule has 0 aliphatic heterocycles. The number of imidazole rings is 1. The van der Waals surface area contributed by atoms with Crippen molar-refractivity contribution in [2.75, 3.05) is 7.05 Å². The molecule has 31 heavy (non-hydrogen) atoms. The van der Waals surface area contributed by atoms with Crippen LogP contribution in [-0.2, 0) is 13.1 Å². The highest BCUT2D eigenvalue weighted by molar-refractivity contribution is 14.0. The molecule has 0 aliphatic rings. The molecule has 4 rings (SSSR count). The van der Waals surface area contributed by atoms with Gasteiger partial charge in [-0.05, 0) is 29.8 Å². The van der Waals surface area contributed by atoms with Crippen molar-refractivity contribution in [1.29, 1.82) is 0 Å². The lowest BCUT2D eigenvalue weighted by molar-refractivity contribution is 0.572. The third-order valence-corrected chi connectivity index (χ3v) is 4.49. The summed E-state index contributed by atoms with van der Waals surface area (Å²) < 4.78 is 21.6. The van der Waals surface area contributed by atoms with Crippen LogP contribution < -0.4 is 10.6 Å². The molecule has 2 N–H and O–H groups in total. The summed E-state index contributed by atoms with van der Waals surface area (Å²) >= 11 is 0. The van der Waals surface area contributed by atoms with Crippen LogP contribution in [0.1, 0.15) is 11.3 Å². The maximum absolute atomic E-state index is 14.4. The molecule has 0 fully saturated rings. The first-order chi connectivity index (χ1) is 14.7. The van der Waals surface area contributed by atoms with Crippen molar-refractivity contribution in [2.45, 2.75) is 13.1 Å². The number of hydrogen-bond acceptors (Lipinski definition) is 4. The van der Waals surface area contributed by atoms with E-state index < -0.39 is 0 Å². The number of aliphatic imine (C=N–C) groups is 1. The maximum Gasteiger partial charge on any atom is 0.226 e. The van der Waals surface area contributed by atoms with Crippen LogP contribution >= 0.6 is 24.0 Å². The Morgan fingerprint density at radius 1 is 1.13 bits per heavy atom. The second-order valence-electron chi connectivity index (χ2n) is 6.55. The minimum absolute atomic E-state index is 0. The summed E-state index contributed by atoms with van der Waals surface area (Å²) in [5, 5.41) is 6.35. The molecule has 0 saturated carbocycles. The van der Waals surface area contributed by atoms with Crippen molar-refractivity contribution < 1.29 is 8.81 Å². The highest BCUT2D eigenvalue weighted by atomic mass is 127. The normalized spacial score (nSPS) is 11.1. The van der Waals surface area contributed by atoms with E-state index in [0.29, 0.717) is 30.6 Å². The number of aromatic nitrogens is 3. The first-order valence-electron chi connectivity index (χ1n) is 9.44. The van der Waals surface area contributed by atoms with E-state index in [1.807, 2.05) is 36.4 Å². The van der Waals surface area contributed by atoms with E-state index in [9.17, 15) is 4.39 Å². The summed E-state index contributed by atoms with van der Waals surface area (Å²) in [7, 11) is 1.68. The van der Waals surface area contributed by atoms with Gasteiger partial charge in [0.25, 0.3) is 0 Å². The number of nitrogens with zero attached hydrogens (tertiary/aromatic N) is 4. The van der Waals surface area contributed by atoms with Crippen LogP contribution in [0.3, 0.4) is 0 Å². The number of benzene rings is 2. The number of guanidine groups is 1. The third kappa shape index (κ3) is 5.69. The molecule has 0 radical (unpaired) electrons. The number of oxazole rings is 1. The SMILES string of the molecule is CN=C(NCc1ccc(-n2ccnc2)c(F)c1)NCc1coc(-c2ccccc2)n1.I. The monoisotopic (exact) mass is 532 g/mol. The summed E-state index contributed by atoms with van der Waals surface area (Å²) in [5.74, 6) is 0.841. The van der Waals surface area contributed by atoms with Crippen molar-refractivity contribution in [1.82, 2.24) is 25.2 Å². The molecule has 9 heteroatoms. The molecule has 0 amide bonds. The summed E-state index contributed by atoms with van der Waals surface area (Å²) in [5.41, 5.74) is 2.94. The molecule has 2 aromatic heterocycles. The lowest BCUT2D eigenvalue weighted by Gasteiger charge is -2.12. The predicted octanol–water partition coefficient (Wildman–Crippen LogP) is 4.15. The molecule has 0 spiro atoms. The van der Waals surface area contributed by atoms with Crippen LogP contribution in [0.25, 0.3) is 17.1 Å². The molecule has 7 nitrogen and oxygen atoms in total. The van der Waals surface area contributed by atoms with Gasteiger partial charge >= 0.3 is 0 Å². The highest BCUT2D eigenvalue weighted by Gasteiger charge is 2.08. The van der Waals surface area contributed by atoms with E-state index in [0.717, 1.165) is 16.8 Å². The largest absolute Gasteiger partial charge is 0.444 e. The van der Waals surface area contributed by atoms with E-state index in [-0.39, 0.29) is 29.8 Å². The number of hydrogen-bond donors (Lipinski definition) is 2. The summed E-state index contributed by atoms with van der Waals surface area (Å²) in [6.07, 6.45) is 6.50. The maximum atomic E-state index is 14.4. The van der Waals surface area contributed by atoms with Gasteiger partial charge in [-0.1, -0.05) is 24.3 Å². The molecule has 160 valence electrons. The van der Waals surface area contributed by atoms with Gasteiger partial charge in [0.15, 0.2) is 5.96 Å². The van der Waals surface area contributed by atoms with Crippen molar-refractivity contribution in [3.63, 3.8) is 0 Å². The van der Waals surface area contributed by atoms with E-state index in [1.54, 1.807) is 42.7 Å². The smallest absolute Gasteiger partial charge is 0.226 e. The lowest BCUT2D eigenvalue weighted by Crippen LogP contribution is -2.36. The Morgan fingerprint density at radius 3 is 2.65 bits per heavy atom. The van der Waals surface area contributed by atoms with Gasteiger partial charge in [-0.3, -0.25) is 4.99 Å². The zero-order valence-corrected chi connectivity index (χ0v) is 19.2. The van der Waals surface area contributed by atoms with Crippen LogP contribution in [0.5, 0.6) is 0 Å². The fourth-order valence-electron chi connectivity index (χ4n) is 2.95. The standard InChI is InChI=1S/C22H21FN6O.HI/c1-24-22(27-13-18-14-30-21(28-18)17-5-3-2-4-6-17)26-12-16-7-8-20(19(23)11-16)29-10-9-25-15-29;/h2-11,14-15H,12-13H2,1H3,(H2,24,26,27);1H. The van der Waals surface area contributed by atoms with Crippen molar-refractivity contribution in [2.24, 2.45) is 4.99 Å². The third-order valence-electron chi connectivity index (χ3n) is 4.49. The zero-order chi connectivity index (χ0) is 20.8. The molecule has 0 aliphatic carbocycles. The van der Waals surface area contributed by atoms with Gasteiger partial charge in [0.05, 0.1) is 24.3 Å². The van der Waals surface area contributed by atoms with Crippen molar-refractivity contribution >= 4 is 29.9 Å². The first-order valence-corrected chi connectivity index (χ1v) is 9.44. The fraction of sp³-hybridized carbons (Fsp3) is 0.136. The van der Waals surface area contributed by atoms with Crippen LogP contribution in [0.15, 0.2) is 82.9 Å². The Kier molecular flexibility index (Phi) is 7.76. The van der Waals surface area contributed by atoms with Crippen LogP contribution in [0, 0.1) is 5.82 Å². The summed E-state index contributed by atoms with van der Waals surface area (Å²) in [4.78, 5) is 12.6. The fourth-order valence-corrected chi connectivity index (χ4v) is 2.95. The Balaban J connectivity index is 0.00000272. The second-order valence-corrected chi connectivity index (χ2v) is 6.55. The molecular formula is C22H22FIN6O. The molecule has 2 heterocycles. The van der Waals surface area contributed by atoms with E-state index in [4.69, 9.17) is 4.42 Å². The average molecular weight is 532 g/mol. The number of halogens is 2. The molecule has 0 unspecified atom stereocenters.